The van der Waals surface area contributed by atoms with Crippen LogP contribution in [0.2, 0.25) is 0 Å². The summed E-state index contributed by atoms with van der Waals surface area (Å²) in [5.41, 5.74) is 3.43. The summed E-state index contributed by atoms with van der Waals surface area (Å²) in [7, 11) is 0. The second kappa shape index (κ2) is 8.83. The third-order valence-corrected chi connectivity index (χ3v) is 5.17. The summed E-state index contributed by atoms with van der Waals surface area (Å²) in [6.07, 6.45) is 1.17. The van der Waals surface area contributed by atoms with Gasteiger partial charge in [0.25, 0.3) is 5.91 Å². The number of anilines is 2. The molecule has 0 fully saturated rings. The molecule has 156 valence electrons. The highest BCUT2D eigenvalue weighted by atomic mass is 16.5. The summed E-state index contributed by atoms with van der Waals surface area (Å²) in [6.45, 7) is 2.47. The van der Waals surface area contributed by atoms with Crippen LogP contribution < -0.4 is 15.0 Å². The highest BCUT2D eigenvalue weighted by Crippen LogP contribution is 2.30. The maximum absolute atomic E-state index is 12.6. The fraction of sp³-hybridized carbons (Fsp3) is 0.160. The fourth-order valence-electron chi connectivity index (χ4n) is 3.54. The lowest BCUT2D eigenvalue weighted by molar-refractivity contribution is -0.118. The Bertz CT molecular complexity index is 1120. The number of fused-ring (bicyclic) bond motifs is 1. The molecule has 0 saturated heterocycles. The quantitative estimate of drug-likeness (QED) is 0.494. The third-order valence-electron chi connectivity index (χ3n) is 5.17. The maximum Gasteiger partial charge on any atom is 0.343 e. The summed E-state index contributed by atoms with van der Waals surface area (Å²) in [5.74, 6) is -0.220. The zero-order chi connectivity index (χ0) is 21.8. The molecule has 0 saturated carbocycles. The van der Waals surface area contributed by atoms with E-state index in [4.69, 9.17) is 4.74 Å². The molecule has 0 unspecified atom stereocenters. The number of benzene rings is 3. The molecule has 4 rings (SSSR count). The number of ether oxygens (including phenoxy) is 1. The van der Waals surface area contributed by atoms with Crippen LogP contribution in [0.5, 0.6) is 5.75 Å². The van der Waals surface area contributed by atoms with E-state index in [9.17, 15) is 14.4 Å². The van der Waals surface area contributed by atoms with Crippen molar-refractivity contribution in [1.29, 1.82) is 0 Å². The van der Waals surface area contributed by atoms with Crippen LogP contribution in [0.3, 0.4) is 0 Å². The zero-order valence-corrected chi connectivity index (χ0v) is 17.1. The van der Waals surface area contributed by atoms with Gasteiger partial charge in [-0.3, -0.25) is 9.59 Å². The van der Waals surface area contributed by atoms with Crippen LogP contribution >= 0.6 is 0 Å². The summed E-state index contributed by atoms with van der Waals surface area (Å²) in [6, 6.07) is 20.8. The Labute approximate surface area is 180 Å². The van der Waals surface area contributed by atoms with E-state index in [1.54, 1.807) is 71.6 Å². The van der Waals surface area contributed by atoms with Crippen LogP contribution in [0.15, 0.2) is 72.8 Å². The predicted molar refractivity (Wildman–Crippen MR) is 119 cm³/mol. The van der Waals surface area contributed by atoms with Gasteiger partial charge < -0.3 is 15.0 Å². The number of esters is 1. The molecule has 3 aromatic carbocycles. The normalized spacial score (nSPS) is 12.2. The summed E-state index contributed by atoms with van der Waals surface area (Å²) in [4.78, 5) is 38.6. The molecule has 0 aliphatic carbocycles. The van der Waals surface area contributed by atoms with Crippen molar-refractivity contribution in [3.63, 3.8) is 0 Å². The average Bonchev–Trinajstić information content (AvgIpc) is 3.23. The predicted octanol–water partition coefficient (Wildman–Crippen LogP) is 4.46. The number of amides is 2. The van der Waals surface area contributed by atoms with Crippen LogP contribution in [0, 0.1) is 0 Å². The minimum Gasteiger partial charge on any atom is -0.423 e. The van der Waals surface area contributed by atoms with Gasteiger partial charge in [0, 0.05) is 29.9 Å². The number of hydrogen-bond donors (Lipinski definition) is 1. The van der Waals surface area contributed by atoms with Crippen molar-refractivity contribution < 1.29 is 19.1 Å². The van der Waals surface area contributed by atoms with Crippen molar-refractivity contribution in [2.75, 3.05) is 16.8 Å². The van der Waals surface area contributed by atoms with Gasteiger partial charge in [-0.1, -0.05) is 25.1 Å². The van der Waals surface area contributed by atoms with E-state index in [-0.39, 0.29) is 11.8 Å². The maximum atomic E-state index is 12.6. The molecular weight excluding hydrogens is 392 g/mol. The van der Waals surface area contributed by atoms with Crippen molar-refractivity contribution in [2.24, 2.45) is 0 Å². The molecule has 1 heterocycles. The molecule has 6 nitrogen and oxygen atoms in total. The van der Waals surface area contributed by atoms with Crippen molar-refractivity contribution in [1.82, 2.24) is 0 Å². The molecule has 1 aliphatic heterocycles. The Morgan fingerprint density at radius 1 is 0.935 bits per heavy atom. The Morgan fingerprint density at radius 3 is 2.39 bits per heavy atom. The molecular formula is C25H22N2O4. The number of rotatable bonds is 5. The Kier molecular flexibility index (Phi) is 5.80. The Hall–Kier alpha value is -3.93. The fourth-order valence-corrected chi connectivity index (χ4v) is 3.54. The first-order valence-electron chi connectivity index (χ1n) is 10.2. The van der Waals surface area contributed by atoms with Crippen molar-refractivity contribution in [3.05, 3.63) is 89.5 Å². The molecule has 0 aromatic heterocycles. The largest absolute Gasteiger partial charge is 0.423 e. The SMILES string of the molecule is CCC(=O)N1CCc2cc(C(=O)Oc3ccc(NC(=O)c4ccccc4)cc3)ccc21. The number of carbonyl (C=O) groups excluding carboxylic acids is 3. The number of hydrogen-bond acceptors (Lipinski definition) is 4. The highest BCUT2D eigenvalue weighted by molar-refractivity contribution is 6.04. The third kappa shape index (κ3) is 4.48. The number of carbonyl (C=O) groups is 3. The molecule has 0 atom stereocenters. The van der Waals surface area contributed by atoms with Gasteiger partial charge in [0.2, 0.25) is 5.91 Å². The van der Waals surface area contributed by atoms with Gasteiger partial charge in [-0.05, 0) is 66.6 Å². The lowest BCUT2D eigenvalue weighted by Gasteiger charge is -2.16. The second-order valence-corrected chi connectivity index (χ2v) is 7.23. The average molecular weight is 414 g/mol. The van der Waals surface area contributed by atoms with Crippen LogP contribution in [0.1, 0.15) is 39.6 Å². The van der Waals surface area contributed by atoms with Gasteiger partial charge in [-0.2, -0.15) is 0 Å². The van der Waals surface area contributed by atoms with Crippen molar-refractivity contribution in [3.8, 4) is 5.75 Å². The monoisotopic (exact) mass is 414 g/mol. The second-order valence-electron chi connectivity index (χ2n) is 7.23. The first-order valence-corrected chi connectivity index (χ1v) is 10.2. The van der Waals surface area contributed by atoms with Crippen molar-refractivity contribution in [2.45, 2.75) is 19.8 Å². The molecule has 0 radical (unpaired) electrons. The molecule has 2 amide bonds. The summed E-state index contributed by atoms with van der Waals surface area (Å²) < 4.78 is 5.47. The lowest BCUT2D eigenvalue weighted by atomic mass is 10.1. The first kappa shape index (κ1) is 20.3. The topological polar surface area (TPSA) is 75.7 Å². The Morgan fingerprint density at radius 2 is 1.68 bits per heavy atom. The number of nitrogens with zero attached hydrogens (tertiary/aromatic N) is 1. The summed E-state index contributed by atoms with van der Waals surface area (Å²) in [5, 5.41) is 2.81. The van der Waals surface area contributed by atoms with Gasteiger partial charge in [0.05, 0.1) is 5.56 Å². The van der Waals surface area contributed by atoms with Gasteiger partial charge in [0.15, 0.2) is 0 Å². The molecule has 0 spiro atoms. The molecule has 0 bridgehead atoms. The van der Waals surface area contributed by atoms with Gasteiger partial charge in [-0.15, -0.1) is 0 Å². The van der Waals surface area contributed by atoms with E-state index in [0.29, 0.717) is 35.5 Å². The highest BCUT2D eigenvalue weighted by Gasteiger charge is 2.24. The van der Waals surface area contributed by atoms with E-state index in [1.807, 2.05) is 13.0 Å². The minimum absolute atomic E-state index is 0.0773. The van der Waals surface area contributed by atoms with E-state index in [0.717, 1.165) is 17.7 Å². The van der Waals surface area contributed by atoms with Gasteiger partial charge in [-0.25, -0.2) is 4.79 Å². The van der Waals surface area contributed by atoms with Crippen LogP contribution in [0.4, 0.5) is 11.4 Å². The molecule has 1 N–H and O–H groups in total. The number of nitrogens with one attached hydrogen (secondary N) is 1. The standard InChI is InChI=1S/C25H22N2O4/c1-2-23(28)27-15-14-18-16-19(8-13-22(18)27)25(30)31-21-11-9-20(10-12-21)26-24(29)17-6-4-3-5-7-17/h3-13,16H,2,14-15H2,1H3,(H,26,29). The van der Waals surface area contributed by atoms with Gasteiger partial charge in [0.1, 0.15) is 5.75 Å². The molecule has 31 heavy (non-hydrogen) atoms. The van der Waals surface area contributed by atoms with E-state index in [2.05, 4.69) is 5.32 Å². The first-order chi connectivity index (χ1) is 15.0. The van der Waals surface area contributed by atoms with Crippen LogP contribution in [0.25, 0.3) is 0 Å². The Balaban J connectivity index is 1.40. The van der Waals surface area contributed by atoms with Crippen LogP contribution in [-0.4, -0.2) is 24.3 Å². The van der Waals surface area contributed by atoms with E-state index in [1.165, 1.54) is 0 Å². The molecule has 1 aliphatic rings. The van der Waals surface area contributed by atoms with Crippen LogP contribution in [-0.2, 0) is 11.2 Å². The molecule has 6 heteroatoms. The van der Waals surface area contributed by atoms with E-state index >= 15 is 0 Å². The van der Waals surface area contributed by atoms with Gasteiger partial charge >= 0.3 is 5.97 Å². The van der Waals surface area contributed by atoms with Crippen molar-refractivity contribution >= 4 is 29.2 Å². The molecule has 3 aromatic rings. The smallest absolute Gasteiger partial charge is 0.343 e. The zero-order valence-electron chi connectivity index (χ0n) is 17.1. The minimum atomic E-state index is -0.468. The lowest BCUT2D eigenvalue weighted by Crippen LogP contribution is -2.27. The summed E-state index contributed by atoms with van der Waals surface area (Å²) >= 11 is 0. The van der Waals surface area contributed by atoms with E-state index < -0.39 is 5.97 Å².